The molecule has 1 rings (SSSR count). The van der Waals surface area contributed by atoms with Gasteiger partial charge in [0.2, 0.25) is 0 Å². The summed E-state index contributed by atoms with van der Waals surface area (Å²) < 4.78 is 27.1. The molecule has 2 unspecified atom stereocenters. The minimum atomic E-state index is -2.84. The minimum absolute atomic E-state index is 0.000694. The standard InChI is InChI=1S/C9H19NO3S/c1-14(11,12)7-3-4-8(10)9-5-2-6-13-9/h8-9H,2-7,10H2,1H3. The van der Waals surface area contributed by atoms with E-state index in [0.717, 1.165) is 25.9 Å². The second-order valence-corrected chi connectivity index (χ2v) is 6.25. The molecule has 0 spiro atoms. The van der Waals surface area contributed by atoms with Crippen LogP contribution in [0.5, 0.6) is 0 Å². The predicted molar refractivity (Wildman–Crippen MR) is 55.9 cm³/mol. The van der Waals surface area contributed by atoms with Crippen molar-refractivity contribution >= 4 is 9.84 Å². The Bertz CT molecular complexity index is 257. The Kier molecular flexibility index (Phi) is 4.34. The summed E-state index contributed by atoms with van der Waals surface area (Å²) in [7, 11) is -2.84. The van der Waals surface area contributed by atoms with Crippen LogP contribution in [0.4, 0.5) is 0 Å². The van der Waals surface area contributed by atoms with Gasteiger partial charge in [-0.1, -0.05) is 0 Å². The quantitative estimate of drug-likeness (QED) is 0.725. The van der Waals surface area contributed by atoms with E-state index in [9.17, 15) is 8.42 Å². The van der Waals surface area contributed by atoms with Gasteiger partial charge < -0.3 is 10.5 Å². The van der Waals surface area contributed by atoms with Gasteiger partial charge in [0, 0.05) is 24.7 Å². The number of sulfone groups is 1. The van der Waals surface area contributed by atoms with Gasteiger partial charge in [-0.3, -0.25) is 0 Å². The van der Waals surface area contributed by atoms with Gasteiger partial charge in [0.15, 0.2) is 0 Å². The summed E-state index contributed by atoms with van der Waals surface area (Å²) in [5.41, 5.74) is 5.89. The molecule has 1 fully saturated rings. The van der Waals surface area contributed by atoms with E-state index in [0.29, 0.717) is 6.42 Å². The van der Waals surface area contributed by atoms with Crippen LogP contribution in [0.1, 0.15) is 25.7 Å². The van der Waals surface area contributed by atoms with Crippen LogP contribution in [-0.2, 0) is 14.6 Å². The Morgan fingerprint density at radius 3 is 2.79 bits per heavy atom. The molecule has 14 heavy (non-hydrogen) atoms. The number of ether oxygens (including phenoxy) is 1. The van der Waals surface area contributed by atoms with Gasteiger partial charge in [-0.05, 0) is 25.7 Å². The monoisotopic (exact) mass is 221 g/mol. The van der Waals surface area contributed by atoms with E-state index in [-0.39, 0.29) is 17.9 Å². The van der Waals surface area contributed by atoms with Gasteiger partial charge in [-0.25, -0.2) is 8.42 Å². The first-order valence-electron chi connectivity index (χ1n) is 5.04. The van der Waals surface area contributed by atoms with Crippen molar-refractivity contribution in [1.82, 2.24) is 0 Å². The molecular weight excluding hydrogens is 202 g/mol. The van der Waals surface area contributed by atoms with Crippen LogP contribution in [-0.4, -0.2) is 39.2 Å². The molecule has 5 heteroatoms. The zero-order valence-electron chi connectivity index (χ0n) is 8.61. The lowest BCUT2D eigenvalue weighted by Gasteiger charge is -2.17. The smallest absolute Gasteiger partial charge is 0.147 e. The summed E-state index contributed by atoms with van der Waals surface area (Å²) in [6, 6.07) is -0.000694. The SMILES string of the molecule is CS(=O)(=O)CCCC(N)C1CCCO1. The molecule has 4 nitrogen and oxygen atoms in total. The molecule has 0 bridgehead atoms. The molecule has 0 aromatic rings. The summed E-state index contributed by atoms with van der Waals surface area (Å²) in [4.78, 5) is 0. The molecule has 84 valence electrons. The van der Waals surface area contributed by atoms with Crippen molar-refractivity contribution < 1.29 is 13.2 Å². The van der Waals surface area contributed by atoms with Crippen molar-refractivity contribution in [2.75, 3.05) is 18.6 Å². The van der Waals surface area contributed by atoms with Gasteiger partial charge in [-0.15, -0.1) is 0 Å². The van der Waals surface area contributed by atoms with Crippen molar-refractivity contribution in [3.8, 4) is 0 Å². The molecule has 0 aromatic carbocycles. The number of nitrogens with two attached hydrogens (primary N) is 1. The van der Waals surface area contributed by atoms with Crippen LogP contribution in [0.2, 0.25) is 0 Å². The van der Waals surface area contributed by atoms with E-state index < -0.39 is 9.84 Å². The normalized spacial score (nSPS) is 25.1. The lowest BCUT2D eigenvalue weighted by Crippen LogP contribution is -2.34. The molecule has 0 saturated carbocycles. The zero-order chi connectivity index (χ0) is 10.6. The van der Waals surface area contributed by atoms with E-state index in [1.54, 1.807) is 0 Å². The summed E-state index contributed by atoms with van der Waals surface area (Å²) in [5.74, 6) is 0.230. The van der Waals surface area contributed by atoms with Gasteiger partial charge in [0.1, 0.15) is 9.84 Å². The molecule has 0 aromatic heterocycles. The topological polar surface area (TPSA) is 69.4 Å². The van der Waals surface area contributed by atoms with Crippen molar-refractivity contribution in [1.29, 1.82) is 0 Å². The number of hydrogen-bond donors (Lipinski definition) is 1. The first-order valence-corrected chi connectivity index (χ1v) is 7.10. The number of rotatable bonds is 5. The van der Waals surface area contributed by atoms with Crippen molar-refractivity contribution in [3.63, 3.8) is 0 Å². The van der Waals surface area contributed by atoms with Gasteiger partial charge in [-0.2, -0.15) is 0 Å². The maximum atomic E-state index is 10.9. The van der Waals surface area contributed by atoms with E-state index in [2.05, 4.69) is 0 Å². The molecule has 0 radical (unpaired) electrons. The highest BCUT2D eigenvalue weighted by Crippen LogP contribution is 2.17. The highest BCUT2D eigenvalue weighted by Gasteiger charge is 2.22. The van der Waals surface area contributed by atoms with Crippen LogP contribution in [0.3, 0.4) is 0 Å². The fourth-order valence-electron chi connectivity index (χ4n) is 1.71. The first-order chi connectivity index (χ1) is 6.49. The Morgan fingerprint density at radius 1 is 1.57 bits per heavy atom. The Morgan fingerprint density at radius 2 is 2.29 bits per heavy atom. The van der Waals surface area contributed by atoms with Crippen LogP contribution in [0.25, 0.3) is 0 Å². The summed E-state index contributed by atoms with van der Waals surface area (Å²) >= 11 is 0. The fourth-order valence-corrected chi connectivity index (χ4v) is 2.40. The average molecular weight is 221 g/mol. The van der Waals surface area contributed by atoms with Crippen molar-refractivity contribution in [2.45, 2.75) is 37.8 Å². The maximum Gasteiger partial charge on any atom is 0.147 e. The molecular formula is C9H19NO3S. The van der Waals surface area contributed by atoms with E-state index in [1.165, 1.54) is 6.26 Å². The zero-order valence-corrected chi connectivity index (χ0v) is 9.42. The largest absolute Gasteiger partial charge is 0.377 e. The molecule has 1 saturated heterocycles. The fraction of sp³-hybridized carbons (Fsp3) is 1.00. The Hall–Kier alpha value is -0.130. The third kappa shape index (κ3) is 4.39. The molecule has 1 aliphatic rings. The predicted octanol–water partition coefficient (Wildman–Crippen LogP) is 0.317. The van der Waals surface area contributed by atoms with Crippen molar-refractivity contribution in [2.24, 2.45) is 5.73 Å². The van der Waals surface area contributed by atoms with E-state index in [1.807, 2.05) is 0 Å². The molecule has 2 N–H and O–H groups in total. The first kappa shape index (κ1) is 11.9. The Labute approximate surface area is 85.7 Å². The lowest BCUT2D eigenvalue weighted by atomic mass is 10.0. The summed E-state index contributed by atoms with van der Waals surface area (Å²) in [5, 5.41) is 0. The van der Waals surface area contributed by atoms with Crippen molar-refractivity contribution in [3.05, 3.63) is 0 Å². The minimum Gasteiger partial charge on any atom is -0.377 e. The highest BCUT2D eigenvalue weighted by atomic mass is 32.2. The van der Waals surface area contributed by atoms with Gasteiger partial charge in [0.05, 0.1) is 6.10 Å². The van der Waals surface area contributed by atoms with Gasteiger partial charge in [0.25, 0.3) is 0 Å². The molecule has 0 amide bonds. The Balaban J connectivity index is 2.17. The second-order valence-electron chi connectivity index (χ2n) is 3.99. The van der Waals surface area contributed by atoms with E-state index >= 15 is 0 Å². The van der Waals surface area contributed by atoms with Gasteiger partial charge >= 0.3 is 0 Å². The summed E-state index contributed by atoms with van der Waals surface area (Å²) in [6.07, 6.45) is 4.86. The average Bonchev–Trinajstić information content (AvgIpc) is 2.53. The summed E-state index contributed by atoms with van der Waals surface area (Å²) in [6.45, 7) is 0.796. The van der Waals surface area contributed by atoms with Crippen LogP contribution >= 0.6 is 0 Å². The molecule has 1 heterocycles. The molecule has 1 aliphatic heterocycles. The second kappa shape index (κ2) is 5.09. The van der Waals surface area contributed by atoms with Crippen LogP contribution in [0, 0.1) is 0 Å². The molecule has 0 aliphatic carbocycles. The highest BCUT2D eigenvalue weighted by molar-refractivity contribution is 7.90. The van der Waals surface area contributed by atoms with Crippen LogP contribution in [0.15, 0.2) is 0 Å². The number of hydrogen-bond acceptors (Lipinski definition) is 4. The molecule has 2 atom stereocenters. The maximum absolute atomic E-state index is 10.9. The van der Waals surface area contributed by atoms with Crippen LogP contribution < -0.4 is 5.73 Å². The lowest BCUT2D eigenvalue weighted by molar-refractivity contribution is 0.0874. The van der Waals surface area contributed by atoms with E-state index in [4.69, 9.17) is 10.5 Å². The third-order valence-electron chi connectivity index (χ3n) is 2.50. The third-order valence-corrected chi connectivity index (χ3v) is 3.53.